The maximum absolute atomic E-state index is 13.0. The normalized spacial score (nSPS) is 12.6. The highest BCUT2D eigenvalue weighted by atomic mass is 16.1. The van der Waals surface area contributed by atoms with Gasteiger partial charge in [0, 0.05) is 18.2 Å². The second-order valence-electron chi connectivity index (χ2n) is 8.32. The van der Waals surface area contributed by atoms with Gasteiger partial charge >= 0.3 is 0 Å². The van der Waals surface area contributed by atoms with E-state index in [2.05, 4.69) is 34.6 Å². The highest BCUT2D eigenvalue weighted by Gasteiger charge is 2.24. The number of aromatic nitrogens is 6. The number of hydrogen-bond acceptors (Lipinski definition) is 5. The third kappa shape index (κ3) is 4.05. The predicted octanol–water partition coefficient (Wildman–Crippen LogP) is 3.93. The molecule has 4 rings (SSSR count). The molecule has 0 spiro atoms. The Morgan fingerprint density at radius 2 is 1.71 bits per heavy atom. The van der Waals surface area contributed by atoms with Crippen molar-refractivity contribution in [2.24, 2.45) is 13.0 Å². The molecule has 31 heavy (non-hydrogen) atoms. The summed E-state index contributed by atoms with van der Waals surface area (Å²) in [6, 6.07) is 15.2. The van der Waals surface area contributed by atoms with E-state index in [0.29, 0.717) is 11.4 Å². The molecular formula is C23H27N7O. The summed E-state index contributed by atoms with van der Waals surface area (Å²) in [4.78, 5) is 19.3. The summed E-state index contributed by atoms with van der Waals surface area (Å²) in [7, 11) is 1.98. The van der Waals surface area contributed by atoms with Crippen molar-refractivity contribution in [2.75, 3.05) is 0 Å². The lowest BCUT2D eigenvalue weighted by Gasteiger charge is -2.22. The van der Waals surface area contributed by atoms with E-state index in [9.17, 15) is 4.79 Å². The molecule has 4 aromatic rings. The van der Waals surface area contributed by atoms with E-state index in [-0.39, 0.29) is 23.9 Å². The fraction of sp³-hybridized carbons (Fsp3) is 0.348. The molecule has 2 heterocycles. The topological polar surface area (TPSA) is 90.5 Å². The van der Waals surface area contributed by atoms with Gasteiger partial charge in [0.05, 0.1) is 23.1 Å². The summed E-state index contributed by atoms with van der Waals surface area (Å²) < 4.78 is 2.05. The van der Waals surface area contributed by atoms with E-state index in [4.69, 9.17) is 4.98 Å². The van der Waals surface area contributed by atoms with E-state index in [1.54, 1.807) is 16.9 Å². The molecule has 1 amide bonds. The minimum atomic E-state index is -0.211. The van der Waals surface area contributed by atoms with Gasteiger partial charge in [0.2, 0.25) is 5.82 Å². The van der Waals surface area contributed by atoms with Crippen LogP contribution in [0.15, 0.2) is 48.5 Å². The van der Waals surface area contributed by atoms with E-state index in [1.165, 1.54) is 0 Å². The Labute approximate surface area is 181 Å². The molecular weight excluding hydrogens is 390 g/mol. The lowest BCUT2D eigenvalue weighted by Crippen LogP contribution is -2.33. The zero-order valence-electron chi connectivity index (χ0n) is 18.4. The van der Waals surface area contributed by atoms with Crippen molar-refractivity contribution in [3.8, 4) is 11.4 Å². The van der Waals surface area contributed by atoms with E-state index < -0.39 is 0 Å². The number of nitrogens with one attached hydrogen (secondary N) is 1. The van der Waals surface area contributed by atoms with Crippen LogP contribution in [0.25, 0.3) is 22.4 Å². The van der Waals surface area contributed by atoms with Crippen LogP contribution >= 0.6 is 0 Å². The molecule has 2 aromatic heterocycles. The van der Waals surface area contributed by atoms with Crippen LogP contribution in [-0.4, -0.2) is 35.7 Å². The van der Waals surface area contributed by atoms with Crippen molar-refractivity contribution >= 4 is 16.9 Å². The van der Waals surface area contributed by atoms with Crippen molar-refractivity contribution < 1.29 is 4.79 Å². The van der Waals surface area contributed by atoms with Gasteiger partial charge in [-0.1, -0.05) is 38.1 Å². The van der Waals surface area contributed by atoms with Gasteiger partial charge in [0.25, 0.3) is 5.91 Å². The van der Waals surface area contributed by atoms with Crippen LogP contribution in [0.2, 0.25) is 0 Å². The number of imidazole rings is 1. The summed E-state index contributed by atoms with van der Waals surface area (Å²) in [5.74, 6) is 1.42. The second kappa shape index (κ2) is 8.29. The quantitative estimate of drug-likeness (QED) is 0.513. The molecule has 0 aliphatic heterocycles. The van der Waals surface area contributed by atoms with Crippen molar-refractivity contribution in [2.45, 2.75) is 39.8 Å². The lowest BCUT2D eigenvalue weighted by atomic mass is 10.0. The third-order valence-corrected chi connectivity index (χ3v) is 5.35. The Hall–Kier alpha value is -3.55. The van der Waals surface area contributed by atoms with Gasteiger partial charge in [-0.2, -0.15) is 4.80 Å². The van der Waals surface area contributed by atoms with E-state index >= 15 is 0 Å². The van der Waals surface area contributed by atoms with Crippen LogP contribution < -0.4 is 5.32 Å². The lowest BCUT2D eigenvalue weighted by molar-refractivity contribution is 0.0922. The summed E-state index contributed by atoms with van der Waals surface area (Å²) >= 11 is 0. The minimum Gasteiger partial charge on any atom is -0.342 e. The van der Waals surface area contributed by atoms with Gasteiger partial charge in [-0.3, -0.25) is 4.79 Å². The van der Waals surface area contributed by atoms with Crippen LogP contribution in [-0.2, 0) is 7.05 Å². The fourth-order valence-corrected chi connectivity index (χ4v) is 3.53. The van der Waals surface area contributed by atoms with Crippen molar-refractivity contribution in [3.05, 3.63) is 59.9 Å². The van der Waals surface area contributed by atoms with Crippen LogP contribution in [0.3, 0.4) is 0 Å². The van der Waals surface area contributed by atoms with Gasteiger partial charge in [-0.05, 0) is 49.2 Å². The van der Waals surface area contributed by atoms with E-state index in [0.717, 1.165) is 22.4 Å². The molecule has 8 nitrogen and oxygen atoms in total. The average Bonchev–Trinajstić information content (AvgIpc) is 3.38. The van der Waals surface area contributed by atoms with Gasteiger partial charge in [0.15, 0.2) is 0 Å². The Morgan fingerprint density at radius 3 is 2.32 bits per heavy atom. The molecule has 160 valence electrons. The molecule has 0 fully saturated rings. The Kier molecular flexibility index (Phi) is 5.54. The van der Waals surface area contributed by atoms with Crippen LogP contribution in [0.1, 0.15) is 56.0 Å². The van der Waals surface area contributed by atoms with Crippen molar-refractivity contribution in [1.29, 1.82) is 0 Å². The minimum absolute atomic E-state index is 0.141. The zero-order chi connectivity index (χ0) is 22.1. The number of tetrazole rings is 1. The molecule has 1 N–H and O–H groups in total. The number of aryl methyl sites for hydroxylation is 1. The number of rotatable bonds is 6. The van der Waals surface area contributed by atoms with Crippen LogP contribution in [0.4, 0.5) is 0 Å². The number of para-hydroxylation sites is 2. The highest BCUT2D eigenvalue weighted by Crippen LogP contribution is 2.25. The van der Waals surface area contributed by atoms with Gasteiger partial charge in [-0.15, -0.1) is 10.2 Å². The number of amides is 1. The first-order valence-corrected chi connectivity index (χ1v) is 10.5. The number of carbonyl (C=O) groups is 1. The SMILES string of the molecule is CC(C)C(NC(=O)c1ccc(-c2nnn(C(C)C)n2)cc1)c1nc2ccccc2n1C. The molecule has 0 aliphatic rings. The maximum Gasteiger partial charge on any atom is 0.251 e. The molecule has 0 radical (unpaired) electrons. The molecule has 1 unspecified atom stereocenters. The van der Waals surface area contributed by atoms with Crippen molar-refractivity contribution in [1.82, 2.24) is 35.1 Å². The fourth-order valence-electron chi connectivity index (χ4n) is 3.53. The first kappa shape index (κ1) is 20.7. The van der Waals surface area contributed by atoms with E-state index in [1.807, 2.05) is 61.9 Å². The standard InChI is InChI=1S/C23H27N7O/c1-14(2)20(22-24-18-8-6-7-9-19(18)29(22)5)25-23(31)17-12-10-16(11-13-17)21-26-28-30(27-21)15(3)4/h6-15,20H,1-5H3,(H,25,31). The second-order valence-corrected chi connectivity index (χ2v) is 8.32. The Bertz CT molecular complexity index is 1200. The summed E-state index contributed by atoms with van der Waals surface area (Å²) in [5, 5.41) is 15.7. The van der Waals surface area contributed by atoms with Gasteiger partial charge in [0.1, 0.15) is 5.82 Å². The van der Waals surface area contributed by atoms with Gasteiger partial charge < -0.3 is 9.88 Å². The molecule has 1 atom stereocenters. The first-order chi connectivity index (χ1) is 14.8. The number of fused-ring (bicyclic) bond motifs is 1. The van der Waals surface area contributed by atoms with Crippen LogP contribution in [0, 0.1) is 5.92 Å². The molecule has 0 saturated heterocycles. The Balaban J connectivity index is 1.55. The first-order valence-electron chi connectivity index (χ1n) is 10.5. The molecule has 0 bridgehead atoms. The molecule has 0 aliphatic carbocycles. The highest BCUT2D eigenvalue weighted by molar-refractivity contribution is 5.94. The number of carbonyl (C=O) groups excluding carboxylic acids is 1. The summed E-state index contributed by atoms with van der Waals surface area (Å²) in [5.41, 5.74) is 3.36. The largest absolute Gasteiger partial charge is 0.342 e. The summed E-state index contributed by atoms with van der Waals surface area (Å²) in [6.45, 7) is 8.15. The van der Waals surface area contributed by atoms with Crippen LogP contribution in [0.5, 0.6) is 0 Å². The molecule has 0 saturated carbocycles. The zero-order valence-corrected chi connectivity index (χ0v) is 18.4. The Morgan fingerprint density at radius 1 is 1.00 bits per heavy atom. The smallest absolute Gasteiger partial charge is 0.251 e. The molecule has 2 aromatic carbocycles. The third-order valence-electron chi connectivity index (χ3n) is 5.35. The van der Waals surface area contributed by atoms with Gasteiger partial charge in [-0.25, -0.2) is 4.98 Å². The number of hydrogen-bond donors (Lipinski definition) is 1. The average molecular weight is 418 g/mol. The number of nitrogens with zero attached hydrogens (tertiary/aromatic N) is 6. The maximum atomic E-state index is 13.0. The molecule has 8 heteroatoms. The monoisotopic (exact) mass is 417 g/mol. The summed E-state index contributed by atoms with van der Waals surface area (Å²) in [6.07, 6.45) is 0. The number of benzene rings is 2. The van der Waals surface area contributed by atoms with Crippen molar-refractivity contribution in [3.63, 3.8) is 0 Å². The predicted molar refractivity (Wildman–Crippen MR) is 119 cm³/mol.